The van der Waals surface area contributed by atoms with Gasteiger partial charge in [0, 0.05) is 12.8 Å². The van der Waals surface area contributed by atoms with Gasteiger partial charge in [0.2, 0.25) is 10.0 Å². The van der Waals surface area contributed by atoms with Crippen LogP contribution in [-0.2, 0) is 24.7 Å². The number of aliphatic carboxylic acids is 1. The molecule has 0 amide bonds. The van der Waals surface area contributed by atoms with E-state index in [1.807, 2.05) is 0 Å². The number of hydrogen-bond acceptors (Lipinski definition) is 5. The molecule has 1 fully saturated rings. The van der Waals surface area contributed by atoms with Crippen LogP contribution in [0.25, 0.3) is 0 Å². The van der Waals surface area contributed by atoms with Gasteiger partial charge in [0.25, 0.3) is 0 Å². The van der Waals surface area contributed by atoms with Gasteiger partial charge in [0.15, 0.2) is 9.84 Å². The lowest BCUT2D eigenvalue weighted by atomic mass is 10.2. The molecule has 0 radical (unpaired) electrons. The van der Waals surface area contributed by atoms with Crippen LogP contribution in [0.4, 0.5) is 0 Å². The zero-order valence-corrected chi connectivity index (χ0v) is 14.7. The molecule has 7 nitrogen and oxygen atoms in total. The molecule has 1 aromatic rings. The van der Waals surface area contributed by atoms with E-state index in [2.05, 4.69) is 0 Å². The first kappa shape index (κ1) is 17.9. The third-order valence-electron chi connectivity index (χ3n) is 3.93. The molecular weight excluding hydrogens is 342 g/mol. The van der Waals surface area contributed by atoms with E-state index in [1.54, 1.807) is 6.92 Å². The number of sulfone groups is 1. The summed E-state index contributed by atoms with van der Waals surface area (Å²) >= 11 is 0. The maximum absolute atomic E-state index is 12.9. The molecule has 0 bridgehead atoms. The van der Waals surface area contributed by atoms with Crippen molar-refractivity contribution in [2.75, 3.05) is 12.8 Å². The molecule has 1 aliphatic rings. The fraction of sp³-hybridized carbons (Fsp3) is 0.500. The summed E-state index contributed by atoms with van der Waals surface area (Å²) in [6.07, 6.45) is 1.72. The number of rotatable bonds is 4. The Morgan fingerprint density at radius 2 is 1.74 bits per heavy atom. The van der Waals surface area contributed by atoms with Crippen molar-refractivity contribution in [1.82, 2.24) is 4.31 Å². The molecule has 2 rings (SSSR count). The van der Waals surface area contributed by atoms with Crippen LogP contribution in [0, 0.1) is 13.8 Å². The lowest BCUT2D eigenvalue weighted by Crippen LogP contribution is -2.40. The Bertz CT molecular complexity index is 857. The Hall–Kier alpha value is -1.45. The number of carboxylic acids is 1. The van der Waals surface area contributed by atoms with Gasteiger partial charge in [-0.05, 0) is 49.9 Å². The number of carboxylic acid groups (broad SMARTS) is 1. The number of aryl methyl sites for hydroxylation is 1. The van der Waals surface area contributed by atoms with E-state index in [4.69, 9.17) is 0 Å². The van der Waals surface area contributed by atoms with Crippen molar-refractivity contribution in [3.63, 3.8) is 0 Å². The molecule has 0 saturated carbocycles. The molecule has 9 heteroatoms. The zero-order chi connectivity index (χ0) is 17.6. The van der Waals surface area contributed by atoms with Gasteiger partial charge in [-0.2, -0.15) is 4.31 Å². The van der Waals surface area contributed by atoms with E-state index in [-0.39, 0.29) is 28.3 Å². The van der Waals surface area contributed by atoms with Crippen molar-refractivity contribution in [1.29, 1.82) is 0 Å². The summed E-state index contributed by atoms with van der Waals surface area (Å²) in [6, 6.07) is 1.69. The van der Waals surface area contributed by atoms with E-state index in [1.165, 1.54) is 19.1 Å². The molecule has 23 heavy (non-hydrogen) atoms. The molecule has 0 aromatic heterocycles. The van der Waals surface area contributed by atoms with Crippen molar-refractivity contribution < 1.29 is 26.7 Å². The normalized spacial score (nSPS) is 19.9. The second kappa shape index (κ2) is 5.88. The highest BCUT2D eigenvalue weighted by Gasteiger charge is 2.40. The summed E-state index contributed by atoms with van der Waals surface area (Å²) in [5.74, 6) is -1.19. The van der Waals surface area contributed by atoms with Gasteiger partial charge >= 0.3 is 5.97 Å². The Morgan fingerprint density at radius 1 is 1.17 bits per heavy atom. The van der Waals surface area contributed by atoms with Crippen molar-refractivity contribution in [3.05, 3.63) is 23.3 Å². The smallest absolute Gasteiger partial charge is 0.322 e. The van der Waals surface area contributed by atoms with Crippen molar-refractivity contribution >= 4 is 25.8 Å². The van der Waals surface area contributed by atoms with Gasteiger partial charge in [-0.25, -0.2) is 16.8 Å². The van der Waals surface area contributed by atoms with E-state index < -0.39 is 31.9 Å². The van der Waals surface area contributed by atoms with Crippen LogP contribution >= 0.6 is 0 Å². The van der Waals surface area contributed by atoms with Gasteiger partial charge in [-0.1, -0.05) is 0 Å². The van der Waals surface area contributed by atoms with Gasteiger partial charge in [-0.15, -0.1) is 0 Å². The Morgan fingerprint density at radius 3 is 2.26 bits per heavy atom. The van der Waals surface area contributed by atoms with Gasteiger partial charge < -0.3 is 5.11 Å². The minimum absolute atomic E-state index is 0.0536. The SMILES string of the molecule is Cc1cc(S(C)(=O)=O)c(C)c(S(=O)(=O)N2CCCC2C(=O)O)c1. The highest BCUT2D eigenvalue weighted by molar-refractivity contribution is 7.91. The summed E-state index contributed by atoms with van der Waals surface area (Å²) in [7, 11) is -7.67. The predicted octanol–water partition coefficient (Wildman–Crippen LogP) is 0.945. The molecule has 0 spiro atoms. The predicted molar refractivity (Wildman–Crippen MR) is 83.6 cm³/mol. The first-order chi connectivity index (χ1) is 10.5. The van der Waals surface area contributed by atoms with Crippen LogP contribution in [-0.4, -0.2) is 51.1 Å². The average Bonchev–Trinajstić information content (AvgIpc) is 2.89. The standard InChI is InChI=1S/C14H19NO6S2/c1-9-7-12(22(3,18)19)10(2)13(8-9)23(20,21)15-6-4-5-11(15)14(16)17/h7-8,11H,4-6H2,1-3H3,(H,16,17). The first-order valence-electron chi connectivity index (χ1n) is 7.02. The van der Waals surface area contributed by atoms with Crippen LogP contribution < -0.4 is 0 Å². The summed E-state index contributed by atoms with van der Waals surface area (Å²) < 4.78 is 50.4. The fourth-order valence-electron chi connectivity index (χ4n) is 2.85. The molecular formula is C14H19NO6S2. The molecule has 1 aromatic carbocycles. The summed E-state index contributed by atoms with van der Waals surface area (Å²) in [4.78, 5) is 11.1. The second-order valence-corrected chi connectivity index (χ2v) is 9.61. The third-order valence-corrected chi connectivity index (χ3v) is 7.19. The van der Waals surface area contributed by atoms with Crippen LogP contribution in [0.3, 0.4) is 0 Å². The minimum atomic E-state index is -4.08. The molecule has 1 atom stereocenters. The zero-order valence-electron chi connectivity index (χ0n) is 13.1. The van der Waals surface area contributed by atoms with Gasteiger partial charge in [0.1, 0.15) is 6.04 Å². The summed E-state index contributed by atoms with van der Waals surface area (Å²) in [6.45, 7) is 3.14. The Labute approximate surface area is 135 Å². The largest absolute Gasteiger partial charge is 0.480 e. The van der Waals surface area contributed by atoms with E-state index >= 15 is 0 Å². The Balaban J connectivity index is 2.66. The van der Waals surface area contributed by atoms with Crippen molar-refractivity contribution in [3.8, 4) is 0 Å². The fourth-order valence-corrected chi connectivity index (χ4v) is 5.96. The number of hydrogen-bond donors (Lipinski definition) is 1. The van der Waals surface area contributed by atoms with Crippen LogP contribution in [0.15, 0.2) is 21.9 Å². The van der Waals surface area contributed by atoms with E-state index in [0.29, 0.717) is 12.0 Å². The van der Waals surface area contributed by atoms with Crippen molar-refractivity contribution in [2.24, 2.45) is 0 Å². The third kappa shape index (κ3) is 3.26. The monoisotopic (exact) mass is 361 g/mol. The highest BCUT2D eigenvalue weighted by atomic mass is 32.2. The Kier molecular flexibility index (Phi) is 4.57. The van der Waals surface area contributed by atoms with Crippen LogP contribution in [0.2, 0.25) is 0 Å². The topological polar surface area (TPSA) is 109 Å². The van der Waals surface area contributed by atoms with E-state index in [0.717, 1.165) is 10.6 Å². The molecule has 1 N–H and O–H groups in total. The van der Waals surface area contributed by atoms with Crippen LogP contribution in [0.5, 0.6) is 0 Å². The number of benzene rings is 1. The molecule has 0 aliphatic carbocycles. The maximum atomic E-state index is 12.9. The lowest BCUT2D eigenvalue weighted by molar-refractivity contribution is -0.140. The van der Waals surface area contributed by atoms with Crippen molar-refractivity contribution in [2.45, 2.75) is 42.5 Å². The number of carbonyl (C=O) groups is 1. The molecule has 1 aliphatic heterocycles. The molecule has 1 heterocycles. The summed E-state index contributed by atoms with van der Waals surface area (Å²) in [5.41, 5.74) is 0.606. The quantitative estimate of drug-likeness (QED) is 0.855. The lowest BCUT2D eigenvalue weighted by Gasteiger charge is -2.23. The van der Waals surface area contributed by atoms with Crippen LogP contribution in [0.1, 0.15) is 24.0 Å². The minimum Gasteiger partial charge on any atom is -0.480 e. The van der Waals surface area contributed by atoms with Gasteiger partial charge in [0.05, 0.1) is 9.79 Å². The molecule has 1 saturated heterocycles. The van der Waals surface area contributed by atoms with Gasteiger partial charge in [-0.3, -0.25) is 4.79 Å². The number of sulfonamides is 1. The van der Waals surface area contributed by atoms with E-state index in [9.17, 15) is 26.7 Å². The molecule has 128 valence electrons. The average molecular weight is 361 g/mol. The molecule has 1 unspecified atom stereocenters. The summed E-state index contributed by atoms with van der Waals surface area (Å²) in [5, 5.41) is 9.20. The maximum Gasteiger partial charge on any atom is 0.322 e. The second-order valence-electron chi connectivity index (χ2n) is 5.77. The number of nitrogens with zero attached hydrogens (tertiary/aromatic N) is 1. The highest BCUT2D eigenvalue weighted by Crippen LogP contribution is 2.31. The first-order valence-corrected chi connectivity index (χ1v) is 10.4.